The first kappa shape index (κ1) is 17.7. The van der Waals surface area contributed by atoms with Crippen LogP contribution in [-0.4, -0.2) is 4.98 Å². The number of fused-ring (bicyclic) bond motifs is 2. The average Bonchev–Trinajstić information content (AvgIpc) is 2.62. The summed E-state index contributed by atoms with van der Waals surface area (Å²) in [5.41, 5.74) is 10.4. The van der Waals surface area contributed by atoms with E-state index < -0.39 is 0 Å². The Morgan fingerprint density at radius 3 is 2.32 bits per heavy atom. The molecule has 1 heterocycles. The van der Waals surface area contributed by atoms with E-state index in [-0.39, 0.29) is 0 Å². The van der Waals surface area contributed by atoms with Gasteiger partial charge in [0, 0.05) is 16.5 Å². The predicted molar refractivity (Wildman–Crippen MR) is 110 cm³/mol. The summed E-state index contributed by atoms with van der Waals surface area (Å²) in [7, 11) is 0. The Morgan fingerprint density at radius 2 is 1.52 bits per heavy atom. The first-order valence-corrected chi connectivity index (χ1v) is 9.86. The zero-order valence-corrected chi connectivity index (χ0v) is 15.4. The highest BCUT2D eigenvalue weighted by Crippen LogP contribution is 2.26. The summed E-state index contributed by atoms with van der Waals surface area (Å²) < 4.78 is 0. The fraction of sp³-hybridized carbons (Fsp3) is 0.435. The third-order valence-electron chi connectivity index (χ3n) is 5.04. The molecule has 0 bridgehead atoms. The third kappa shape index (κ3) is 4.72. The predicted octanol–water partition coefficient (Wildman–Crippen LogP) is 6.65. The zero-order valence-electron chi connectivity index (χ0n) is 15.4. The van der Waals surface area contributed by atoms with Gasteiger partial charge in [-0.05, 0) is 42.7 Å². The van der Waals surface area contributed by atoms with Crippen LogP contribution in [0.1, 0.15) is 63.9 Å². The lowest BCUT2D eigenvalue weighted by molar-refractivity contribution is 0.576. The lowest BCUT2D eigenvalue weighted by Crippen LogP contribution is -1.94. The second kappa shape index (κ2) is 8.84. The standard InChI is InChI=1S/C23H30N2/c1-2-3-4-5-6-7-8-9-12-18-15-20(24)17-23-21(18)16-19-13-10-11-14-22(19)25-23/h10-11,13-17H,2-9,12,24H2,1H3. The van der Waals surface area contributed by atoms with Crippen molar-refractivity contribution in [1.82, 2.24) is 4.98 Å². The van der Waals surface area contributed by atoms with E-state index in [1.165, 1.54) is 67.7 Å². The Balaban J connectivity index is 1.65. The molecule has 132 valence electrons. The maximum absolute atomic E-state index is 6.13. The molecule has 0 aliphatic heterocycles. The molecule has 0 unspecified atom stereocenters. The molecule has 3 aromatic rings. The number of para-hydroxylation sites is 1. The third-order valence-corrected chi connectivity index (χ3v) is 5.04. The van der Waals surface area contributed by atoms with E-state index in [0.717, 1.165) is 23.1 Å². The number of benzene rings is 2. The van der Waals surface area contributed by atoms with E-state index in [1.54, 1.807) is 0 Å². The van der Waals surface area contributed by atoms with Crippen molar-refractivity contribution in [1.29, 1.82) is 0 Å². The smallest absolute Gasteiger partial charge is 0.0732 e. The van der Waals surface area contributed by atoms with Crippen molar-refractivity contribution < 1.29 is 0 Å². The van der Waals surface area contributed by atoms with Gasteiger partial charge in [-0.1, -0.05) is 70.1 Å². The van der Waals surface area contributed by atoms with Crippen LogP contribution < -0.4 is 5.73 Å². The van der Waals surface area contributed by atoms with Crippen molar-refractivity contribution in [2.45, 2.75) is 64.7 Å². The van der Waals surface area contributed by atoms with Crippen LogP contribution in [0.3, 0.4) is 0 Å². The fourth-order valence-electron chi connectivity index (χ4n) is 3.63. The normalized spacial score (nSPS) is 11.4. The summed E-state index contributed by atoms with van der Waals surface area (Å²) in [4.78, 5) is 4.81. The van der Waals surface area contributed by atoms with Gasteiger partial charge >= 0.3 is 0 Å². The van der Waals surface area contributed by atoms with Gasteiger partial charge in [-0.3, -0.25) is 0 Å². The highest BCUT2D eigenvalue weighted by molar-refractivity contribution is 5.95. The van der Waals surface area contributed by atoms with Gasteiger partial charge in [-0.2, -0.15) is 0 Å². The van der Waals surface area contributed by atoms with E-state index in [2.05, 4.69) is 37.3 Å². The molecule has 0 saturated heterocycles. The topological polar surface area (TPSA) is 38.9 Å². The van der Waals surface area contributed by atoms with E-state index in [1.807, 2.05) is 12.1 Å². The number of hydrogen-bond donors (Lipinski definition) is 1. The molecule has 0 aliphatic rings. The molecular weight excluding hydrogens is 304 g/mol. The number of nitrogens with two attached hydrogens (primary N) is 1. The maximum atomic E-state index is 6.13. The molecule has 2 heteroatoms. The van der Waals surface area contributed by atoms with Crippen LogP contribution in [0.4, 0.5) is 5.69 Å². The number of nitrogens with zero attached hydrogens (tertiary/aromatic N) is 1. The minimum absolute atomic E-state index is 0.824. The van der Waals surface area contributed by atoms with Crippen molar-refractivity contribution in [2.24, 2.45) is 0 Å². The second-order valence-corrected chi connectivity index (χ2v) is 7.15. The number of aromatic nitrogens is 1. The molecule has 0 aliphatic carbocycles. The van der Waals surface area contributed by atoms with Crippen LogP contribution in [-0.2, 0) is 6.42 Å². The summed E-state index contributed by atoms with van der Waals surface area (Å²) in [6, 6.07) is 14.7. The molecule has 1 aromatic heterocycles. The summed E-state index contributed by atoms with van der Waals surface area (Å²) in [5.74, 6) is 0. The van der Waals surface area contributed by atoms with Crippen molar-refractivity contribution in [3.8, 4) is 0 Å². The number of hydrogen-bond acceptors (Lipinski definition) is 2. The first-order chi connectivity index (χ1) is 12.3. The number of pyridine rings is 1. The van der Waals surface area contributed by atoms with Crippen LogP contribution in [0.5, 0.6) is 0 Å². The summed E-state index contributed by atoms with van der Waals surface area (Å²) >= 11 is 0. The van der Waals surface area contributed by atoms with Gasteiger partial charge in [-0.25, -0.2) is 4.98 Å². The van der Waals surface area contributed by atoms with Gasteiger partial charge in [0.25, 0.3) is 0 Å². The largest absolute Gasteiger partial charge is 0.399 e. The van der Waals surface area contributed by atoms with Crippen LogP contribution in [0, 0.1) is 0 Å². The molecule has 0 atom stereocenters. The minimum atomic E-state index is 0.824. The van der Waals surface area contributed by atoms with Crippen LogP contribution in [0.25, 0.3) is 21.8 Å². The highest BCUT2D eigenvalue weighted by Gasteiger charge is 2.06. The average molecular weight is 335 g/mol. The summed E-state index contributed by atoms with van der Waals surface area (Å²) in [5, 5.41) is 2.47. The molecular formula is C23H30N2. The zero-order chi connectivity index (χ0) is 17.5. The molecule has 0 spiro atoms. The van der Waals surface area contributed by atoms with Crippen molar-refractivity contribution in [3.63, 3.8) is 0 Å². The van der Waals surface area contributed by atoms with Crippen LogP contribution in [0.2, 0.25) is 0 Å². The van der Waals surface area contributed by atoms with Crippen LogP contribution in [0.15, 0.2) is 42.5 Å². The van der Waals surface area contributed by atoms with Gasteiger partial charge in [0.15, 0.2) is 0 Å². The van der Waals surface area contributed by atoms with Crippen LogP contribution >= 0.6 is 0 Å². The molecule has 2 nitrogen and oxygen atoms in total. The molecule has 0 amide bonds. The monoisotopic (exact) mass is 334 g/mol. The molecule has 0 radical (unpaired) electrons. The van der Waals surface area contributed by atoms with Crippen molar-refractivity contribution >= 4 is 27.5 Å². The first-order valence-electron chi connectivity index (χ1n) is 9.86. The van der Waals surface area contributed by atoms with Gasteiger partial charge < -0.3 is 5.73 Å². The lowest BCUT2D eigenvalue weighted by atomic mass is 9.99. The highest BCUT2D eigenvalue weighted by atomic mass is 14.7. The second-order valence-electron chi connectivity index (χ2n) is 7.15. The molecule has 2 aromatic carbocycles. The molecule has 2 N–H and O–H groups in total. The maximum Gasteiger partial charge on any atom is 0.0732 e. The molecule has 0 fully saturated rings. The molecule has 0 saturated carbocycles. The fourth-order valence-corrected chi connectivity index (χ4v) is 3.63. The van der Waals surface area contributed by atoms with Crippen molar-refractivity contribution in [3.05, 3.63) is 48.0 Å². The molecule has 3 rings (SSSR count). The number of aryl methyl sites for hydroxylation is 1. The van der Waals surface area contributed by atoms with E-state index in [4.69, 9.17) is 10.7 Å². The van der Waals surface area contributed by atoms with E-state index in [0.29, 0.717) is 0 Å². The molecule has 25 heavy (non-hydrogen) atoms. The number of rotatable bonds is 9. The van der Waals surface area contributed by atoms with Crippen molar-refractivity contribution in [2.75, 3.05) is 5.73 Å². The van der Waals surface area contributed by atoms with Gasteiger partial charge in [0.2, 0.25) is 0 Å². The number of nitrogen functional groups attached to an aromatic ring is 1. The number of unbranched alkanes of at least 4 members (excludes halogenated alkanes) is 7. The Kier molecular flexibility index (Phi) is 6.27. The number of anilines is 1. The quantitative estimate of drug-likeness (QED) is 0.270. The Hall–Kier alpha value is -2.09. The summed E-state index contributed by atoms with van der Waals surface area (Å²) in [6.45, 7) is 2.27. The van der Waals surface area contributed by atoms with Gasteiger partial charge in [-0.15, -0.1) is 0 Å². The van der Waals surface area contributed by atoms with E-state index in [9.17, 15) is 0 Å². The Bertz CT molecular complexity index is 823. The van der Waals surface area contributed by atoms with Gasteiger partial charge in [0.05, 0.1) is 11.0 Å². The van der Waals surface area contributed by atoms with Gasteiger partial charge in [0.1, 0.15) is 0 Å². The van der Waals surface area contributed by atoms with E-state index >= 15 is 0 Å². The minimum Gasteiger partial charge on any atom is -0.399 e. The Labute approximate surface area is 151 Å². The lowest BCUT2D eigenvalue weighted by Gasteiger charge is -2.10. The SMILES string of the molecule is CCCCCCCCCCc1cc(N)cc2nc3ccccc3cc12. The Morgan fingerprint density at radius 1 is 0.800 bits per heavy atom. The summed E-state index contributed by atoms with van der Waals surface area (Å²) in [6.07, 6.45) is 11.9.